The van der Waals surface area contributed by atoms with Crippen molar-refractivity contribution in [3.63, 3.8) is 0 Å². The SMILES string of the molecule is CC[C@H](Br)C(=O)Nc1cc(C)ccc1C. The first-order chi connectivity index (χ1) is 7.04. The predicted molar refractivity (Wildman–Crippen MR) is 67.6 cm³/mol. The van der Waals surface area contributed by atoms with E-state index in [9.17, 15) is 4.79 Å². The molecule has 1 aromatic rings. The number of halogens is 1. The summed E-state index contributed by atoms with van der Waals surface area (Å²) >= 11 is 3.33. The number of hydrogen-bond acceptors (Lipinski definition) is 1. The number of anilines is 1. The zero-order valence-electron chi connectivity index (χ0n) is 9.30. The largest absolute Gasteiger partial charge is 0.325 e. The van der Waals surface area contributed by atoms with E-state index in [2.05, 4.69) is 21.2 Å². The normalized spacial score (nSPS) is 12.3. The third kappa shape index (κ3) is 3.34. The molecular formula is C12H16BrNO. The lowest BCUT2D eigenvalue weighted by Gasteiger charge is -2.11. The van der Waals surface area contributed by atoms with E-state index in [1.165, 1.54) is 0 Å². The van der Waals surface area contributed by atoms with Crippen LogP contribution in [0.15, 0.2) is 18.2 Å². The molecule has 1 N–H and O–H groups in total. The Hall–Kier alpha value is -0.830. The van der Waals surface area contributed by atoms with Gasteiger partial charge in [-0.3, -0.25) is 4.79 Å². The van der Waals surface area contributed by atoms with Gasteiger partial charge >= 0.3 is 0 Å². The number of aryl methyl sites for hydroxylation is 2. The van der Waals surface area contributed by atoms with Gasteiger partial charge in [0.15, 0.2) is 0 Å². The Bertz CT molecular complexity index is 363. The highest BCUT2D eigenvalue weighted by Gasteiger charge is 2.12. The van der Waals surface area contributed by atoms with Crippen LogP contribution >= 0.6 is 15.9 Å². The molecule has 1 atom stereocenters. The van der Waals surface area contributed by atoms with Gasteiger partial charge in [0.2, 0.25) is 5.91 Å². The molecule has 0 aromatic heterocycles. The summed E-state index contributed by atoms with van der Waals surface area (Å²) in [7, 11) is 0. The second-order valence-corrected chi connectivity index (χ2v) is 4.79. The van der Waals surface area contributed by atoms with E-state index in [1.54, 1.807) is 0 Å². The van der Waals surface area contributed by atoms with Crippen LogP contribution in [0.5, 0.6) is 0 Å². The number of rotatable bonds is 3. The second-order valence-electron chi connectivity index (χ2n) is 3.68. The number of nitrogens with one attached hydrogen (secondary N) is 1. The Morgan fingerprint density at radius 2 is 2.13 bits per heavy atom. The predicted octanol–water partition coefficient (Wildman–Crippen LogP) is 3.42. The van der Waals surface area contributed by atoms with E-state index < -0.39 is 0 Å². The minimum absolute atomic E-state index is 0.0196. The Balaban J connectivity index is 2.80. The number of hydrogen-bond donors (Lipinski definition) is 1. The van der Waals surface area contributed by atoms with Crippen LogP contribution in [0.4, 0.5) is 5.69 Å². The number of alkyl halides is 1. The molecule has 0 saturated carbocycles. The minimum Gasteiger partial charge on any atom is -0.325 e. The van der Waals surface area contributed by atoms with Gasteiger partial charge in [-0.15, -0.1) is 0 Å². The zero-order chi connectivity index (χ0) is 11.4. The molecule has 0 aliphatic heterocycles. The summed E-state index contributed by atoms with van der Waals surface area (Å²) in [5, 5.41) is 2.92. The first-order valence-corrected chi connectivity index (χ1v) is 5.98. The lowest BCUT2D eigenvalue weighted by molar-refractivity contribution is -0.115. The van der Waals surface area contributed by atoms with E-state index in [1.807, 2.05) is 39.0 Å². The summed E-state index contributed by atoms with van der Waals surface area (Å²) in [6.45, 7) is 5.98. The van der Waals surface area contributed by atoms with Crippen molar-refractivity contribution in [1.29, 1.82) is 0 Å². The van der Waals surface area contributed by atoms with Gasteiger partial charge < -0.3 is 5.32 Å². The molecule has 1 rings (SSSR count). The standard InChI is InChI=1S/C12H16BrNO/c1-4-10(13)12(15)14-11-7-8(2)5-6-9(11)3/h5-7,10H,4H2,1-3H3,(H,14,15)/t10-/m0/s1. The highest BCUT2D eigenvalue weighted by molar-refractivity contribution is 9.10. The quantitative estimate of drug-likeness (QED) is 0.838. The Kier molecular flexibility index (Phi) is 4.33. The summed E-state index contributed by atoms with van der Waals surface area (Å²) in [6.07, 6.45) is 0.788. The minimum atomic E-state index is -0.114. The molecule has 0 spiro atoms. The van der Waals surface area contributed by atoms with Crippen LogP contribution in [0.3, 0.4) is 0 Å². The molecule has 0 saturated heterocycles. The van der Waals surface area contributed by atoms with Gasteiger partial charge in [-0.05, 0) is 37.5 Å². The number of amides is 1. The van der Waals surface area contributed by atoms with Gasteiger partial charge in [0.05, 0.1) is 4.83 Å². The van der Waals surface area contributed by atoms with Gasteiger partial charge in [-0.1, -0.05) is 35.0 Å². The molecule has 1 amide bonds. The third-order valence-electron chi connectivity index (χ3n) is 2.29. The van der Waals surface area contributed by atoms with E-state index >= 15 is 0 Å². The maximum Gasteiger partial charge on any atom is 0.238 e. The molecule has 0 heterocycles. The molecule has 0 aliphatic rings. The molecule has 0 aliphatic carbocycles. The van der Waals surface area contributed by atoms with Crippen molar-refractivity contribution in [3.8, 4) is 0 Å². The Labute approximate surface area is 99.2 Å². The van der Waals surface area contributed by atoms with Gasteiger partial charge in [0, 0.05) is 5.69 Å². The fraction of sp³-hybridized carbons (Fsp3) is 0.417. The van der Waals surface area contributed by atoms with Crippen molar-refractivity contribution in [2.45, 2.75) is 32.0 Å². The van der Waals surface area contributed by atoms with Crippen molar-refractivity contribution in [1.82, 2.24) is 0 Å². The molecule has 82 valence electrons. The second kappa shape index (κ2) is 5.31. The molecule has 15 heavy (non-hydrogen) atoms. The van der Waals surface area contributed by atoms with Crippen LogP contribution in [0.2, 0.25) is 0 Å². The zero-order valence-corrected chi connectivity index (χ0v) is 10.9. The molecule has 0 radical (unpaired) electrons. The smallest absolute Gasteiger partial charge is 0.238 e. The van der Waals surface area contributed by atoms with Crippen molar-refractivity contribution < 1.29 is 4.79 Å². The van der Waals surface area contributed by atoms with Gasteiger partial charge in [0.25, 0.3) is 0 Å². The Morgan fingerprint density at radius 3 is 2.73 bits per heavy atom. The monoisotopic (exact) mass is 269 g/mol. The highest BCUT2D eigenvalue weighted by Crippen LogP contribution is 2.18. The number of carbonyl (C=O) groups is 1. The maximum atomic E-state index is 11.6. The fourth-order valence-electron chi connectivity index (χ4n) is 1.27. The van der Waals surface area contributed by atoms with E-state index in [0.29, 0.717) is 0 Å². The summed E-state index contributed by atoms with van der Waals surface area (Å²) in [5.41, 5.74) is 3.14. The summed E-state index contributed by atoms with van der Waals surface area (Å²) in [6, 6.07) is 6.04. The molecule has 1 aromatic carbocycles. The van der Waals surface area contributed by atoms with Crippen molar-refractivity contribution in [3.05, 3.63) is 29.3 Å². The van der Waals surface area contributed by atoms with Crippen molar-refractivity contribution in [2.24, 2.45) is 0 Å². The van der Waals surface area contributed by atoms with Crippen LogP contribution in [0.25, 0.3) is 0 Å². The average molecular weight is 270 g/mol. The van der Waals surface area contributed by atoms with Crippen LogP contribution in [-0.2, 0) is 4.79 Å². The van der Waals surface area contributed by atoms with E-state index in [-0.39, 0.29) is 10.7 Å². The Morgan fingerprint density at radius 1 is 1.47 bits per heavy atom. The van der Waals surface area contributed by atoms with Crippen LogP contribution in [0, 0.1) is 13.8 Å². The molecule has 0 bridgehead atoms. The lowest BCUT2D eigenvalue weighted by Crippen LogP contribution is -2.22. The van der Waals surface area contributed by atoms with Crippen LogP contribution < -0.4 is 5.32 Å². The highest BCUT2D eigenvalue weighted by atomic mass is 79.9. The fourth-order valence-corrected chi connectivity index (χ4v) is 1.38. The summed E-state index contributed by atoms with van der Waals surface area (Å²) in [4.78, 5) is 11.5. The summed E-state index contributed by atoms with van der Waals surface area (Å²) in [5.74, 6) is 0.0196. The molecule has 0 fully saturated rings. The first-order valence-electron chi connectivity index (χ1n) is 5.06. The third-order valence-corrected chi connectivity index (χ3v) is 3.36. The van der Waals surface area contributed by atoms with Gasteiger partial charge in [-0.2, -0.15) is 0 Å². The van der Waals surface area contributed by atoms with E-state index in [4.69, 9.17) is 0 Å². The van der Waals surface area contributed by atoms with E-state index in [0.717, 1.165) is 23.2 Å². The van der Waals surface area contributed by atoms with Crippen molar-refractivity contribution >= 4 is 27.5 Å². The summed E-state index contributed by atoms with van der Waals surface area (Å²) < 4.78 is 0. The molecule has 3 heteroatoms. The lowest BCUT2D eigenvalue weighted by atomic mass is 10.1. The molecule has 0 unspecified atom stereocenters. The topological polar surface area (TPSA) is 29.1 Å². The van der Waals surface area contributed by atoms with Crippen LogP contribution in [-0.4, -0.2) is 10.7 Å². The van der Waals surface area contributed by atoms with Crippen molar-refractivity contribution in [2.75, 3.05) is 5.32 Å². The molecular weight excluding hydrogens is 254 g/mol. The number of carbonyl (C=O) groups excluding carboxylic acids is 1. The first kappa shape index (κ1) is 12.2. The average Bonchev–Trinajstić information content (AvgIpc) is 2.22. The van der Waals surface area contributed by atoms with Gasteiger partial charge in [0.1, 0.15) is 0 Å². The van der Waals surface area contributed by atoms with Crippen LogP contribution in [0.1, 0.15) is 24.5 Å². The molecule has 2 nitrogen and oxygen atoms in total. The maximum absolute atomic E-state index is 11.6. The van der Waals surface area contributed by atoms with Gasteiger partial charge in [-0.25, -0.2) is 0 Å². The number of benzene rings is 1.